The predicted octanol–water partition coefficient (Wildman–Crippen LogP) is 1.19. The van der Waals surface area contributed by atoms with Gasteiger partial charge in [-0.3, -0.25) is 0 Å². The average Bonchev–Trinajstić information content (AvgIpc) is 3.01. The molecule has 4 nitrogen and oxygen atoms in total. The van der Waals surface area contributed by atoms with Crippen molar-refractivity contribution in [1.82, 2.24) is 9.62 Å². The lowest BCUT2D eigenvalue weighted by molar-refractivity contribution is 0.453. The monoisotopic (exact) mass is 248 g/mol. The Labute approximate surface area is 99.5 Å². The van der Waals surface area contributed by atoms with Gasteiger partial charge in [0.1, 0.15) is 0 Å². The van der Waals surface area contributed by atoms with Gasteiger partial charge >= 0.3 is 0 Å². The van der Waals surface area contributed by atoms with Crippen LogP contribution in [0.5, 0.6) is 0 Å². The summed E-state index contributed by atoms with van der Waals surface area (Å²) < 4.78 is 25.1. The maximum absolute atomic E-state index is 11.8. The smallest absolute Gasteiger partial charge is 0.215 e. The summed E-state index contributed by atoms with van der Waals surface area (Å²) in [5.74, 6) is 0.228. The van der Waals surface area contributed by atoms with E-state index < -0.39 is 10.0 Å². The molecule has 5 heteroatoms. The molecule has 1 aliphatic carbocycles. The normalized spacial score (nSPS) is 16.9. The highest BCUT2D eigenvalue weighted by Crippen LogP contribution is 2.18. The van der Waals surface area contributed by atoms with Crippen LogP contribution >= 0.6 is 0 Å². The lowest BCUT2D eigenvalue weighted by Gasteiger charge is -2.17. The van der Waals surface area contributed by atoms with E-state index in [4.69, 9.17) is 0 Å². The minimum Gasteiger partial charge on any atom is -0.313 e. The number of sulfonamides is 1. The zero-order valence-corrected chi connectivity index (χ0v) is 11.2. The van der Waals surface area contributed by atoms with Crippen LogP contribution in [-0.2, 0) is 10.0 Å². The molecular weight excluding hydrogens is 224 g/mol. The summed E-state index contributed by atoms with van der Waals surface area (Å²) in [6.07, 6.45) is 5.58. The first-order valence-electron chi connectivity index (χ1n) is 6.23. The molecule has 0 saturated heterocycles. The summed E-state index contributed by atoms with van der Waals surface area (Å²) in [7, 11) is -1.36. The molecule has 0 spiro atoms. The number of rotatable bonds is 9. The number of nitrogens with zero attached hydrogens (tertiary/aromatic N) is 1. The SMILES string of the molecule is CCCCCN(C)S(=O)(=O)CCNC1CC1. The quantitative estimate of drug-likeness (QED) is 0.624. The van der Waals surface area contributed by atoms with E-state index in [9.17, 15) is 8.42 Å². The van der Waals surface area contributed by atoms with Gasteiger partial charge in [-0.15, -0.1) is 0 Å². The van der Waals surface area contributed by atoms with Crippen molar-refractivity contribution >= 4 is 10.0 Å². The third kappa shape index (κ3) is 5.27. The highest BCUT2D eigenvalue weighted by atomic mass is 32.2. The second kappa shape index (κ2) is 6.57. The van der Waals surface area contributed by atoms with Gasteiger partial charge in [0, 0.05) is 26.2 Å². The van der Waals surface area contributed by atoms with E-state index >= 15 is 0 Å². The molecule has 1 aliphatic rings. The molecule has 0 amide bonds. The van der Waals surface area contributed by atoms with Gasteiger partial charge in [0.25, 0.3) is 0 Å². The van der Waals surface area contributed by atoms with Crippen molar-refractivity contribution in [3.63, 3.8) is 0 Å². The fourth-order valence-corrected chi connectivity index (χ4v) is 2.65. The molecule has 0 aromatic carbocycles. The highest BCUT2D eigenvalue weighted by Gasteiger charge is 2.22. The van der Waals surface area contributed by atoms with Gasteiger partial charge in [-0.05, 0) is 19.3 Å². The molecule has 1 N–H and O–H groups in total. The fourth-order valence-electron chi connectivity index (χ4n) is 1.56. The van der Waals surface area contributed by atoms with Crippen LogP contribution in [0.25, 0.3) is 0 Å². The molecule has 0 aromatic heterocycles. The summed E-state index contributed by atoms with van der Waals surface area (Å²) in [5, 5.41) is 3.23. The number of hydrogen-bond acceptors (Lipinski definition) is 3. The Bertz CT molecular complexity index is 286. The molecule has 0 bridgehead atoms. The summed E-state index contributed by atoms with van der Waals surface area (Å²) in [6, 6.07) is 0.584. The molecule has 0 radical (unpaired) electrons. The Hall–Kier alpha value is -0.130. The largest absolute Gasteiger partial charge is 0.313 e. The van der Waals surface area contributed by atoms with Gasteiger partial charge in [0.05, 0.1) is 5.75 Å². The first kappa shape index (κ1) is 13.9. The lowest BCUT2D eigenvalue weighted by Crippen LogP contribution is -2.34. The van der Waals surface area contributed by atoms with Crippen molar-refractivity contribution in [2.24, 2.45) is 0 Å². The van der Waals surface area contributed by atoms with E-state index in [0.717, 1.165) is 19.3 Å². The Balaban J connectivity index is 2.18. The Morgan fingerprint density at radius 2 is 2.00 bits per heavy atom. The van der Waals surface area contributed by atoms with E-state index in [-0.39, 0.29) is 5.75 Å². The highest BCUT2D eigenvalue weighted by molar-refractivity contribution is 7.89. The molecule has 16 heavy (non-hydrogen) atoms. The third-order valence-electron chi connectivity index (χ3n) is 2.92. The van der Waals surface area contributed by atoms with Gasteiger partial charge in [-0.25, -0.2) is 12.7 Å². The molecular formula is C11H24N2O2S. The first-order valence-corrected chi connectivity index (χ1v) is 7.84. The number of nitrogens with one attached hydrogen (secondary N) is 1. The molecule has 96 valence electrons. The molecule has 1 saturated carbocycles. The van der Waals surface area contributed by atoms with Crippen LogP contribution in [0.1, 0.15) is 39.0 Å². The topological polar surface area (TPSA) is 49.4 Å². The van der Waals surface area contributed by atoms with Gasteiger partial charge in [0.2, 0.25) is 10.0 Å². The summed E-state index contributed by atoms with van der Waals surface area (Å²) in [5.41, 5.74) is 0. The van der Waals surface area contributed by atoms with E-state index in [1.54, 1.807) is 7.05 Å². The molecule has 0 aliphatic heterocycles. The summed E-state index contributed by atoms with van der Waals surface area (Å²) in [4.78, 5) is 0. The van der Waals surface area contributed by atoms with Crippen LogP contribution in [0.15, 0.2) is 0 Å². The van der Waals surface area contributed by atoms with Crippen LogP contribution in [-0.4, -0.2) is 44.7 Å². The molecule has 0 unspecified atom stereocenters. The predicted molar refractivity (Wildman–Crippen MR) is 67.0 cm³/mol. The molecule has 0 atom stereocenters. The Morgan fingerprint density at radius 1 is 1.31 bits per heavy atom. The van der Waals surface area contributed by atoms with Gasteiger partial charge in [-0.1, -0.05) is 19.8 Å². The molecule has 1 fully saturated rings. The minimum absolute atomic E-state index is 0.228. The Morgan fingerprint density at radius 3 is 2.56 bits per heavy atom. The average molecular weight is 248 g/mol. The van der Waals surface area contributed by atoms with Gasteiger partial charge in [0.15, 0.2) is 0 Å². The maximum atomic E-state index is 11.8. The molecule has 1 rings (SSSR count). The van der Waals surface area contributed by atoms with E-state index in [1.165, 1.54) is 17.1 Å². The lowest BCUT2D eigenvalue weighted by atomic mass is 10.2. The Kier molecular flexibility index (Phi) is 5.72. The second-order valence-corrected chi connectivity index (χ2v) is 6.77. The maximum Gasteiger partial charge on any atom is 0.215 e. The van der Waals surface area contributed by atoms with Gasteiger partial charge < -0.3 is 5.32 Å². The van der Waals surface area contributed by atoms with Gasteiger partial charge in [-0.2, -0.15) is 0 Å². The van der Waals surface area contributed by atoms with Crippen molar-refractivity contribution < 1.29 is 8.42 Å². The van der Waals surface area contributed by atoms with Crippen molar-refractivity contribution in [3.05, 3.63) is 0 Å². The van der Waals surface area contributed by atoms with E-state index in [2.05, 4.69) is 12.2 Å². The number of unbranched alkanes of at least 4 members (excludes halogenated alkanes) is 2. The van der Waals surface area contributed by atoms with Crippen molar-refractivity contribution in [3.8, 4) is 0 Å². The van der Waals surface area contributed by atoms with Crippen LogP contribution in [0.3, 0.4) is 0 Å². The van der Waals surface area contributed by atoms with Crippen molar-refractivity contribution in [2.75, 3.05) is 25.9 Å². The van der Waals surface area contributed by atoms with Crippen LogP contribution in [0.2, 0.25) is 0 Å². The summed E-state index contributed by atoms with van der Waals surface area (Å²) in [6.45, 7) is 3.36. The number of hydrogen-bond donors (Lipinski definition) is 1. The van der Waals surface area contributed by atoms with Crippen LogP contribution in [0.4, 0.5) is 0 Å². The zero-order chi connectivity index (χ0) is 12.0. The molecule has 0 heterocycles. The summed E-state index contributed by atoms with van der Waals surface area (Å²) >= 11 is 0. The standard InChI is InChI=1S/C11H24N2O2S/c1-3-4-5-9-13(2)16(14,15)10-8-12-11-6-7-11/h11-12H,3-10H2,1-2H3. The fraction of sp³-hybridized carbons (Fsp3) is 1.00. The van der Waals surface area contributed by atoms with E-state index in [0.29, 0.717) is 19.1 Å². The van der Waals surface area contributed by atoms with Crippen LogP contribution in [0, 0.1) is 0 Å². The zero-order valence-electron chi connectivity index (χ0n) is 10.4. The van der Waals surface area contributed by atoms with Crippen LogP contribution < -0.4 is 5.32 Å². The minimum atomic E-state index is -3.04. The first-order chi connectivity index (χ1) is 7.56. The molecule has 0 aromatic rings. The van der Waals surface area contributed by atoms with E-state index in [1.807, 2.05) is 0 Å². The second-order valence-electron chi connectivity index (χ2n) is 4.57. The van der Waals surface area contributed by atoms with Crippen molar-refractivity contribution in [2.45, 2.75) is 45.1 Å². The third-order valence-corrected chi connectivity index (χ3v) is 4.77. The van der Waals surface area contributed by atoms with Crippen molar-refractivity contribution in [1.29, 1.82) is 0 Å².